The Balaban J connectivity index is 0.938. The highest BCUT2D eigenvalue weighted by atomic mass is 16.5. The fourth-order valence-electron chi connectivity index (χ4n) is 4.64. The molecule has 2 atom stereocenters. The van der Waals surface area contributed by atoms with Crippen LogP contribution in [0.2, 0.25) is 0 Å². The monoisotopic (exact) mass is 579 g/mol. The van der Waals surface area contributed by atoms with Gasteiger partial charge < -0.3 is 24.4 Å². The summed E-state index contributed by atoms with van der Waals surface area (Å²) in [5, 5.41) is 29.0. The lowest BCUT2D eigenvalue weighted by Crippen LogP contribution is -2.22. The first-order chi connectivity index (χ1) is 21.1. The number of aliphatic hydroxyl groups is 2. The van der Waals surface area contributed by atoms with Crippen LogP contribution >= 0.6 is 0 Å². The van der Waals surface area contributed by atoms with Gasteiger partial charge in [-0.05, 0) is 46.5 Å². The summed E-state index contributed by atoms with van der Waals surface area (Å²) in [5.41, 5.74) is 5.12. The summed E-state index contributed by atoms with van der Waals surface area (Å²) < 4.78 is 18.7. The maximum Gasteiger partial charge on any atom is 0.127 e. The second-order valence-corrected chi connectivity index (χ2v) is 10.4. The predicted molar refractivity (Wildman–Crippen MR) is 165 cm³/mol. The molecule has 0 fully saturated rings. The van der Waals surface area contributed by atoms with Crippen molar-refractivity contribution >= 4 is 0 Å². The van der Waals surface area contributed by atoms with E-state index in [9.17, 15) is 10.2 Å². The van der Waals surface area contributed by atoms with E-state index in [1.54, 1.807) is 4.68 Å². The molecule has 0 spiro atoms. The average molecular weight is 580 g/mol. The third-order valence-electron chi connectivity index (χ3n) is 6.80. The number of benzene rings is 4. The number of aliphatic hydroxyl groups excluding tert-OH is 2. The van der Waals surface area contributed by atoms with Gasteiger partial charge in [0.2, 0.25) is 0 Å². The van der Waals surface area contributed by atoms with Gasteiger partial charge in [-0.3, -0.25) is 0 Å². The fraction of sp³-hybridized carbons (Fsp3) is 0.257. The molecule has 8 heteroatoms. The number of ether oxygens (including phenoxy) is 3. The van der Waals surface area contributed by atoms with Gasteiger partial charge in [-0.15, -0.1) is 5.10 Å². The Hall–Kier alpha value is -4.34. The molecule has 222 valence electrons. The highest BCUT2D eigenvalue weighted by Gasteiger charge is 2.11. The third-order valence-corrected chi connectivity index (χ3v) is 6.80. The lowest BCUT2D eigenvalue weighted by molar-refractivity contribution is -0.0165. The van der Waals surface area contributed by atoms with Crippen molar-refractivity contribution in [2.24, 2.45) is 0 Å². The molecular formula is C35H37N3O5. The molecule has 5 rings (SSSR count). The molecule has 0 saturated heterocycles. The Labute approximate surface area is 252 Å². The van der Waals surface area contributed by atoms with E-state index in [-0.39, 0.29) is 13.2 Å². The average Bonchev–Trinajstić information content (AvgIpc) is 3.47. The predicted octanol–water partition coefficient (Wildman–Crippen LogP) is 5.33. The van der Waals surface area contributed by atoms with E-state index in [0.717, 1.165) is 28.2 Å². The highest BCUT2D eigenvalue weighted by Crippen LogP contribution is 2.22. The van der Waals surface area contributed by atoms with Crippen molar-refractivity contribution in [3.05, 3.63) is 132 Å². The third kappa shape index (κ3) is 9.87. The van der Waals surface area contributed by atoms with E-state index < -0.39 is 12.2 Å². The Morgan fingerprint density at radius 3 is 1.84 bits per heavy atom. The largest absolute Gasteiger partial charge is 0.457 e. The molecule has 0 saturated carbocycles. The Kier molecular flexibility index (Phi) is 11.0. The lowest BCUT2D eigenvalue weighted by Gasteiger charge is -2.13. The summed E-state index contributed by atoms with van der Waals surface area (Å²) in [6.07, 6.45) is 1.38. The Morgan fingerprint density at radius 1 is 0.605 bits per heavy atom. The molecule has 0 aliphatic heterocycles. The first kappa shape index (κ1) is 30.1. The molecule has 43 heavy (non-hydrogen) atoms. The van der Waals surface area contributed by atoms with Crippen LogP contribution in [-0.4, -0.2) is 63.8 Å². The molecule has 0 aliphatic rings. The van der Waals surface area contributed by atoms with Crippen molar-refractivity contribution in [3.8, 4) is 22.6 Å². The summed E-state index contributed by atoms with van der Waals surface area (Å²) in [5.74, 6) is 1.56. The van der Waals surface area contributed by atoms with E-state index in [0.29, 0.717) is 38.3 Å². The van der Waals surface area contributed by atoms with Gasteiger partial charge in [-0.1, -0.05) is 90.1 Å². The van der Waals surface area contributed by atoms with E-state index >= 15 is 0 Å². The van der Waals surface area contributed by atoms with Crippen molar-refractivity contribution in [2.75, 3.05) is 26.4 Å². The quantitative estimate of drug-likeness (QED) is 0.153. The summed E-state index contributed by atoms with van der Waals surface area (Å²) in [6.45, 7) is 1.61. The zero-order valence-corrected chi connectivity index (χ0v) is 24.0. The van der Waals surface area contributed by atoms with Gasteiger partial charge in [0.05, 0.1) is 50.9 Å². The maximum absolute atomic E-state index is 10.4. The van der Waals surface area contributed by atoms with Gasteiger partial charge >= 0.3 is 0 Å². The number of aromatic nitrogens is 3. The Morgan fingerprint density at radius 2 is 1.16 bits per heavy atom. The van der Waals surface area contributed by atoms with Crippen LogP contribution in [0.5, 0.6) is 11.5 Å². The topological polar surface area (TPSA) is 98.9 Å². The summed E-state index contributed by atoms with van der Waals surface area (Å²) >= 11 is 0. The van der Waals surface area contributed by atoms with E-state index in [4.69, 9.17) is 14.2 Å². The molecule has 4 aromatic carbocycles. The number of hydrogen-bond acceptors (Lipinski definition) is 7. The van der Waals surface area contributed by atoms with Crippen molar-refractivity contribution in [1.82, 2.24) is 15.0 Å². The SMILES string of the molecule is O[C@H](COCCOC[C@@H](O)Cc1cn(Cc2ccc(Oc3ccccc3)cc2)nn1)Cc1ccc(-c2ccccc2)cc1. The molecule has 0 unspecified atom stereocenters. The molecular weight excluding hydrogens is 542 g/mol. The van der Waals surface area contributed by atoms with Gasteiger partial charge in [0.25, 0.3) is 0 Å². The zero-order chi connectivity index (χ0) is 29.7. The maximum atomic E-state index is 10.4. The van der Waals surface area contributed by atoms with Crippen molar-refractivity contribution in [2.45, 2.75) is 31.6 Å². The summed E-state index contributed by atoms with van der Waals surface area (Å²) in [4.78, 5) is 0. The van der Waals surface area contributed by atoms with Crippen LogP contribution < -0.4 is 4.74 Å². The van der Waals surface area contributed by atoms with Gasteiger partial charge in [0.15, 0.2) is 0 Å². The normalized spacial score (nSPS) is 12.6. The number of para-hydroxylation sites is 1. The molecule has 0 bridgehead atoms. The van der Waals surface area contributed by atoms with E-state index in [2.05, 4.69) is 34.6 Å². The fourth-order valence-corrected chi connectivity index (χ4v) is 4.64. The van der Waals surface area contributed by atoms with Gasteiger partial charge in [0, 0.05) is 19.0 Å². The molecule has 0 radical (unpaired) electrons. The second kappa shape index (κ2) is 15.8. The minimum Gasteiger partial charge on any atom is -0.457 e. The van der Waals surface area contributed by atoms with Crippen LogP contribution in [0, 0.1) is 0 Å². The lowest BCUT2D eigenvalue weighted by atomic mass is 10.0. The van der Waals surface area contributed by atoms with E-state index in [1.807, 2.05) is 91.1 Å². The number of rotatable bonds is 16. The molecule has 0 amide bonds. The minimum absolute atomic E-state index is 0.162. The second-order valence-electron chi connectivity index (χ2n) is 10.4. The summed E-state index contributed by atoms with van der Waals surface area (Å²) in [7, 11) is 0. The van der Waals surface area contributed by atoms with Crippen molar-refractivity contribution in [1.29, 1.82) is 0 Å². The number of nitrogens with zero attached hydrogens (tertiary/aromatic N) is 3. The molecule has 8 nitrogen and oxygen atoms in total. The minimum atomic E-state index is -0.705. The van der Waals surface area contributed by atoms with Crippen LogP contribution in [0.25, 0.3) is 11.1 Å². The van der Waals surface area contributed by atoms with Crippen LogP contribution in [0.3, 0.4) is 0 Å². The van der Waals surface area contributed by atoms with Gasteiger partial charge in [-0.2, -0.15) is 0 Å². The highest BCUT2D eigenvalue weighted by molar-refractivity contribution is 5.63. The molecule has 1 heterocycles. The van der Waals surface area contributed by atoms with Crippen LogP contribution in [0.1, 0.15) is 16.8 Å². The zero-order valence-electron chi connectivity index (χ0n) is 24.0. The Bertz CT molecular complexity index is 1490. The van der Waals surface area contributed by atoms with Crippen molar-refractivity contribution in [3.63, 3.8) is 0 Å². The molecule has 0 aliphatic carbocycles. The van der Waals surface area contributed by atoms with Gasteiger partial charge in [-0.25, -0.2) is 4.68 Å². The standard InChI is InChI=1S/C35H37N3O5/c39-32(21-27-11-15-30(16-12-27)29-7-3-1-4-8-29)25-41-19-20-42-26-33(40)22-31-24-38(37-36-31)23-28-13-17-35(18-14-28)43-34-9-5-2-6-10-34/h1-18,24,32-33,39-40H,19-23,25-26H2/t32-,33-/m0/s1. The van der Waals surface area contributed by atoms with E-state index in [1.165, 1.54) is 5.56 Å². The molecule has 2 N–H and O–H groups in total. The van der Waals surface area contributed by atoms with Crippen LogP contribution in [0.15, 0.2) is 115 Å². The first-order valence-corrected chi connectivity index (χ1v) is 14.5. The summed E-state index contributed by atoms with van der Waals surface area (Å²) in [6, 6.07) is 35.9. The smallest absolute Gasteiger partial charge is 0.127 e. The number of hydrogen-bond donors (Lipinski definition) is 2. The van der Waals surface area contributed by atoms with Gasteiger partial charge in [0.1, 0.15) is 11.5 Å². The molecule has 5 aromatic rings. The van der Waals surface area contributed by atoms with Crippen LogP contribution in [0.4, 0.5) is 0 Å². The van der Waals surface area contributed by atoms with Crippen molar-refractivity contribution < 1.29 is 24.4 Å². The van der Waals surface area contributed by atoms with Crippen LogP contribution in [-0.2, 0) is 28.9 Å². The molecule has 1 aromatic heterocycles. The first-order valence-electron chi connectivity index (χ1n) is 14.5.